The molecular weight excluding hydrogens is 455 g/mol. The Bertz CT molecular complexity index is 1310. The van der Waals surface area contributed by atoms with Crippen LogP contribution in [0.1, 0.15) is 36.0 Å². The molecule has 0 aliphatic carbocycles. The third kappa shape index (κ3) is 5.29. The van der Waals surface area contributed by atoms with Gasteiger partial charge in [-0.2, -0.15) is 0 Å². The minimum atomic E-state index is -0.242. The van der Waals surface area contributed by atoms with Crippen LogP contribution in [0.5, 0.6) is 5.75 Å². The van der Waals surface area contributed by atoms with Gasteiger partial charge in [-0.1, -0.05) is 42.5 Å². The number of benzene rings is 3. The highest BCUT2D eigenvalue weighted by molar-refractivity contribution is 5.87. The Hall–Kier alpha value is -3.64. The van der Waals surface area contributed by atoms with Crippen molar-refractivity contribution in [2.24, 2.45) is 0 Å². The molecule has 5 rings (SSSR count). The second kappa shape index (κ2) is 11.0. The topological polar surface area (TPSA) is 43.7 Å². The molecule has 6 heteroatoms. The van der Waals surface area contributed by atoms with Crippen molar-refractivity contribution in [2.45, 2.75) is 25.8 Å². The van der Waals surface area contributed by atoms with Crippen molar-refractivity contribution in [1.82, 2.24) is 9.47 Å². The zero-order valence-electron chi connectivity index (χ0n) is 20.5. The molecule has 0 radical (unpaired) electrons. The first-order valence-corrected chi connectivity index (χ1v) is 12.5. The van der Waals surface area contributed by atoms with E-state index in [-0.39, 0.29) is 17.6 Å². The second-order valence-corrected chi connectivity index (χ2v) is 9.11. The van der Waals surface area contributed by atoms with Crippen molar-refractivity contribution < 1.29 is 18.7 Å². The maximum atomic E-state index is 13.5. The average molecular weight is 487 g/mol. The number of hydrogen-bond acceptors (Lipinski definition) is 3. The number of ether oxygens (including phenoxy) is 2. The quantitative estimate of drug-likeness (QED) is 0.325. The van der Waals surface area contributed by atoms with E-state index < -0.39 is 0 Å². The predicted molar refractivity (Wildman–Crippen MR) is 139 cm³/mol. The summed E-state index contributed by atoms with van der Waals surface area (Å²) < 4.78 is 26.8. The number of nitrogens with zero attached hydrogens (tertiary/aromatic N) is 2. The van der Waals surface area contributed by atoms with Gasteiger partial charge in [0, 0.05) is 49.1 Å². The van der Waals surface area contributed by atoms with Crippen LogP contribution in [0.2, 0.25) is 0 Å². The highest BCUT2D eigenvalue weighted by Crippen LogP contribution is 2.36. The number of aromatic nitrogens is 1. The van der Waals surface area contributed by atoms with Gasteiger partial charge in [-0.15, -0.1) is 0 Å². The van der Waals surface area contributed by atoms with Crippen molar-refractivity contribution in [3.8, 4) is 5.75 Å². The molecular formula is C30H31FN2O3. The third-order valence-electron chi connectivity index (χ3n) is 6.80. The SMILES string of the molecule is CCOc1ccc(C(CC(=O)N2CCOCC2)c2cn(Cc3ccc(F)cc3)c3ccccc23)cc1. The van der Waals surface area contributed by atoms with Crippen LogP contribution < -0.4 is 4.74 Å². The molecule has 2 heterocycles. The van der Waals surface area contributed by atoms with Crippen molar-refractivity contribution in [2.75, 3.05) is 32.9 Å². The van der Waals surface area contributed by atoms with Crippen molar-refractivity contribution in [3.63, 3.8) is 0 Å². The summed E-state index contributed by atoms with van der Waals surface area (Å²) in [5.74, 6) is 0.593. The van der Waals surface area contributed by atoms with Crippen molar-refractivity contribution in [3.05, 3.63) is 102 Å². The highest BCUT2D eigenvalue weighted by atomic mass is 19.1. The highest BCUT2D eigenvalue weighted by Gasteiger charge is 2.26. The summed E-state index contributed by atoms with van der Waals surface area (Å²) in [4.78, 5) is 15.3. The Labute approximate surface area is 211 Å². The Morgan fingerprint density at radius 2 is 1.72 bits per heavy atom. The third-order valence-corrected chi connectivity index (χ3v) is 6.80. The fourth-order valence-corrected chi connectivity index (χ4v) is 4.96. The number of fused-ring (bicyclic) bond motifs is 1. The maximum Gasteiger partial charge on any atom is 0.223 e. The minimum Gasteiger partial charge on any atom is -0.494 e. The van der Waals surface area contributed by atoms with Crippen LogP contribution in [0.15, 0.2) is 79.0 Å². The number of halogens is 1. The number of hydrogen-bond donors (Lipinski definition) is 0. The molecule has 186 valence electrons. The van der Waals surface area contributed by atoms with E-state index in [2.05, 4.69) is 35.0 Å². The first-order chi connectivity index (χ1) is 17.6. The zero-order valence-corrected chi connectivity index (χ0v) is 20.5. The van der Waals surface area contributed by atoms with E-state index >= 15 is 0 Å². The molecule has 36 heavy (non-hydrogen) atoms. The summed E-state index contributed by atoms with van der Waals surface area (Å²) >= 11 is 0. The van der Waals surface area contributed by atoms with Crippen LogP contribution in [-0.4, -0.2) is 48.3 Å². The summed E-state index contributed by atoms with van der Waals surface area (Å²) in [6.07, 6.45) is 2.53. The Morgan fingerprint density at radius 1 is 1.00 bits per heavy atom. The summed E-state index contributed by atoms with van der Waals surface area (Å²) in [5, 5.41) is 1.12. The largest absolute Gasteiger partial charge is 0.494 e. The van der Waals surface area contributed by atoms with E-state index in [1.54, 1.807) is 0 Å². The number of para-hydroxylation sites is 1. The molecule has 1 atom stereocenters. The van der Waals surface area contributed by atoms with Crippen molar-refractivity contribution >= 4 is 16.8 Å². The number of amides is 1. The average Bonchev–Trinajstić information content (AvgIpc) is 3.28. The molecule has 0 saturated carbocycles. The fourth-order valence-electron chi connectivity index (χ4n) is 4.96. The number of carbonyl (C=O) groups is 1. The maximum absolute atomic E-state index is 13.5. The molecule has 1 fully saturated rings. The summed E-state index contributed by atoms with van der Waals surface area (Å²) in [6.45, 7) is 5.60. The van der Waals surface area contributed by atoms with E-state index in [4.69, 9.17) is 9.47 Å². The lowest BCUT2D eigenvalue weighted by Crippen LogP contribution is -2.41. The number of carbonyl (C=O) groups excluding carboxylic acids is 1. The summed E-state index contributed by atoms with van der Waals surface area (Å²) in [6, 6.07) is 23.0. The second-order valence-electron chi connectivity index (χ2n) is 9.11. The van der Waals surface area contributed by atoms with Gasteiger partial charge in [0.2, 0.25) is 5.91 Å². The van der Waals surface area contributed by atoms with Gasteiger partial charge in [0.15, 0.2) is 0 Å². The first kappa shape index (κ1) is 24.1. The lowest BCUT2D eigenvalue weighted by molar-refractivity contribution is -0.135. The Balaban J connectivity index is 1.54. The molecule has 1 amide bonds. The van der Waals surface area contributed by atoms with Gasteiger partial charge >= 0.3 is 0 Å². The smallest absolute Gasteiger partial charge is 0.223 e. The standard InChI is InChI=1S/C30H31FN2O3/c1-2-36-25-13-9-23(10-14-25)27(19-30(34)32-15-17-35-18-16-32)28-21-33(29-6-4-3-5-26(28)29)20-22-7-11-24(31)12-8-22/h3-14,21,27H,2,15-20H2,1H3. The van der Waals surface area contributed by atoms with Crippen LogP contribution in [0.4, 0.5) is 4.39 Å². The fraction of sp³-hybridized carbons (Fsp3) is 0.300. The zero-order chi connectivity index (χ0) is 24.9. The van der Waals surface area contributed by atoms with Gasteiger partial charge in [0.05, 0.1) is 19.8 Å². The van der Waals surface area contributed by atoms with E-state index in [9.17, 15) is 9.18 Å². The van der Waals surface area contributed by atoms with Crippen LogP contribution in [-0.2, 0) is 16.1 Å². The van der Waals surface area contributed by atoms with E-state index in [1.165, 1.54) is 12.1 Å². The molecule has 0 N–H and O–H groups in total. The molecule has 0 bridgehead atoms. The number of morpholine rings is 1. The molecule has 3 aromatic carbocycles. The van der Waals surface area contributed by atoms with Gasteiger partial charge in [-0.05, 0) is 53.9 Å². The molecule has 1 aliphatic heterocycles. The van der Waals surface area contributed by atoms with Gasteiger partial charge in [-0.25, -0.2) is 4.39 Å². The molecule has 5 nitrogen and oxygen atoms in total. The minimum absolute atomic E-state index is 0.115. The van der Waals surface area contributed by atoms with Gasteiger partial charge in [-0.3, -0.25) is 4.79 Å². The van der Waals surface area contributed by atoms with Crippen molar-refractivity contribution in [1.29, 1.82) is 0 Å². The Kier molecular flexibility index (Phi) is 7.33. The summed E-state index contributed by atoms with van der Waals surface area (Å²) in [7, 11) is 0. The summed E-state index contributed by atoms with van der Waals surface area (Å²) in [5.41, 5.74) is 4.29. The molecule has 1 aromatic heterocycles. The van der Waals surface area contributed by atoms with Crippen LogP contribution in [0.25, 0.3) is 10.9 Å². The molecule has 0 spiro atoms. The van der Waals surface area contributed by atoms with Crippen LogP contribution >= 0.6 is 0 Å². The Morgan fingerprint density at radius 3 is 2.44 bits per heavy atom. The van der Waals surface area contributed by atoms with Gasteiger partial charge in [0.25, 0.3) is 0 Å². The first-order valence-electron chi connectivity index (χ1n) is 12.5. The lowest BCUT2D eigenvalue weighted by Gasteiger charge is -2.28. The van der Waals surface area contributed by atoms with Crippen LogP contribution in [0.3, 0.4) is 0 Å². The monoisotopic (exact) mass is 486 g/mol. The normalized spacial score (nSPS) is 14.7. The molecule has 1 saturated heterocycles. The molecule has 4 aromatic rings. The molecule has 1 aliphatic rings. The predicted octanol–water partition coefficient (Wildman–Crippen LogP) is 5.61. The van der Waals surface area contributed by atoms with E-state index in [1.807, 2.05) is 48.2 Å². The lowest BCUT2D eigenvalue weighted by atomic mass is 9.87. The van der Waals surface area contributed by atoms with E-state index in [0.29, 0.717) is 45.9 Å². The van der Waals surface area contributed by atoms with E-state index in [0.717, 1.165) is 33.3 Å². The van der Waals surface area contributed by atoms with Gasteiger partial charge in [0.1, 0.15) is 11.6 Å². The number of rotatable bonds is 8. The van der Waals surface area contributed by atoms with Crippen LogP contribution in [0, 0.1) is 5.82 Å². The van der Waals surface area contributed by atoms with Gasteiger partial charge < -0.3 is 18.9 Å². The molecule has 1 unspecified atom stereocenters.